The van der Waals surface area contributed by atoms with Crippen molar-refractivity contribution in [3.8, 4) is 0 Å². The van der Waals surface area contributed by atoms with Gasteiger partial charge in [0.1, 0.15) is 0 Å². The summed E-state index contributed by atoms with van der Waals surface area (Å²) >= 11 is 0. The molecule has 8 nitrogen and oxygen atoms in total. The monoisotopic (exact) mass is 369 g/mol. The number of nitrogens with zero attached hydrogens (tertiary/aromatic N) is 2. The highest BCUT2D eigenvalue weighted by Gasteiger charge is 2.30. The van der Waals surface area contributed by atoms with Crippen molar-refractivity contribution in [1.29, 1.82) is 0 Å². The van der Waals surface area contributed by atoms with E-state index in [2.05, 4.69) is 24.1 Å². The SMILES string of the molecule is CC(C)N(CCNC(=O)c1cc([N+](=O)[O-])cc(S(C)(=O)=O)c1)C1CC1. The van der Waals surface area contributed by atoms with Crippen LogP contribution in [0.2, 0.25) is 0 Å². The summed E-state index contributed by atoms with van der Waals surface area (Å²) in [7, 11) is -3.66. The predicted molar refractivity (Wildman–Crippen MR) is 93.4 cm³/mol. The van der Waals surface area contributed by atoms with Crippen molar-refractivity contribution in [2.75, 3.05) is 19.3 Å². The first kappa shape index (κ1) is 19.3. The van der Waals surface area contributed by atoms with Crippen LogP contribution in [0.3, 0.4) is 0 Å². The highest BCUT2D eigenvalue weighted by molar-refractivity contribution is 7.90. The summed E-state index contributed by atoms with van der Waals surface area (Å²) in [5, 5.41) is 13.7. The summed E-state index contributed by atoms with van der Waals surface area (Å²) in [5.74, 6) is -0.520. The molecule has 1 N–H and O–H groups in total. The highest BCUT2D eigenvalue weighted by Crippen LogP contribution is 2.28. The third-order valence-corrected chi connectivity index (χ3v) is 5.22. The van der Waals surface area contributed by atoms with E-state index in [9.17, 15) is 23.3 Å². The van der Waals surface area contributed by atoms with Gasteiger partial charge in [0, 0.05) is 49.1 Å². The Bertz CT molecular complexity index is 770. The van der Waals surface area contributed by atoms with Crippen LogP contribution in [-0.2, 0) is 9.84 Å². The molecule has 0 atom stereocenters. The van der Waals surface area contributed by atoms with Crippen molar-refractivity contribution in [3.05, 3.63) is 33.9 Å². The van der Waals surface area contributed by atoms with Crippen molar-refractivity contribution in [2.45, 2.75) is 43.7 Å². The summed E-state index contributed by atoms with van der Waals surface area (Å²) < 4.78 is 23.4. The molecule has 1 aliphatic rings. The molecule has 1 saturated carbocycles. The number of nitro benzene ring substituents is 1. The average molecular weight is 369 g/mol. The standard InChI is InChI=1S/C16H23N3O5S/c1-11(2)18(13-4-5-13)7-6-17-16(20)12-8-14(19(21)22)10-15(9-12)25(3,23)24/h8-11,13H,4-7H2,1-3H3,(H,17,20). The zero-order chi connectivity index (χ0) is 18.8. The molecule has 0 aliphatic heterocycles. The maximum Gasteiger partial charge on any atom is 0.271 e. The Morgan fingerprint density at radius 3 is 2.48 bits per heavy atom. The van der Waals surface area contributed by atoms with Gasteiger partial charge in [-0.1, -0.05) is 0 Å². The molecule has 0 saturated heterocycles. The van der Waals surface area contributed by atoms with Crippen LogP contribution in [0, 0.1) is 10.1 Å². The number of hydrogen-bond donors (Lipinski definition) is 1. The largest absolute Gasteiger partial charge is 0.351 e. The lowest BCUT2D eigenvalue weighted by atomic mass is 10.2. The summed E-state index contributed by atoms with van der Waals surface area (Å²) in [6, 6.07) is 4.15. The maximum atomic E-state index is 12.3. The molecule has 0 heterocycles. The molecule has 2 rings (SSSR count). The summed E-state index contributed by atoms with van der Waals surface area (Å²) in [4.78, 5) is 24.6. The molecular weight excluding hydrogens is 346 g/mol. The van der Waals surface area contributed by atoms with E-state index in [4.69, 9.17) is 0 Å². The molecule has 0 unspecified atom stereocenters. The molecule has 0 radical (unpaired) electrons. The molecule has 1 fully saturated rings. The Kier molecular flexibility index (Phi) is 5.79. The number of carbonyl (C=O) groups is 1. The Labute approximate surface area is 147 Å². The number of sulfone groups is 1. The first-order valence-electron chi connectivity index (χ1n) is 8.13. The van der Waals surface area contributed by atoms with E-state index in [-0.39, 0.29) is 10.5 Å². The van der Waals surface area contributed by atoms with Crippen molar-refractivity contribution in [2.24, 2.45) is 0 Å². The van der Waals surface area contributed by atoms with Crippen molar-refractivity contribution >= 4 is 21.4 Å². The summed E-state index contributed by atoms with van der Waals surface area (Å²) in [6.45, 7) is 5.27. The van der Waals surface area contributed by atoms with Gasteiger partial charge in [-0.2, -0.15) is 0 Å². The van der Waals surface area contributed by atoms with Crippen LogP contribution in [0.4, 0.5) is 5.69 Å². The second kappa shape index (κ2) is 7.49. The molecule has 1 aliphatic carbocycles. The minimum Gasteiger partial charge on any atom is -0.351 e. The van der Waals surface area contributed by atoms with E-state index in [1.807, 2.05) is 0 Å². The smallest absolute Gasteiger partial charge is 0.271 e. The van der Waals surface area contributed by atoms with Gasteiger partial charge in [0.05, 0.1) is 9.82 Å². The number of hydrogen-bond acceptors (Lipinski definition) is 6. The van der Waals surface area contributed by atoms with Crippen LogP contribution in [0.25, 0.3) is 0 Å². The van der Waals surface area contributed by atoms with Crippen LogP contribution in [0.15, 0.2) is 23.1 Å². The van der Waals surface area contributed by atoms with Gasteiger partial charge in [-0.3, -0.25) is 19.8 Å². The number of non-ortho nitro benzene ring substituents is 1. The summed E-state index contributed by atoms with van der Waals surface area (Å²) in [6.07, 6.45) is 3.27. The van der Waals surface area contributed by atoms with E-state index in [1.54, 1.807) is 0 Å². The molecule has 0 aromatic heterocycles. The molecule has 0 spiro atoms. The number of benzene rings is 1. The topological polar surface area (TPSA) is 110 Å². The molecule has 1 aromatic carbocycles. The fraction of sp³-hybridized carbons (Fsp3) is 0.562. The Morgan fingerprint density at radius 1 is 1.36 bits per heavy atom. The minimum atomic E-state index is -3.66. The first-order valence-corrected chi connectivity index (χ1v) is 10.0. The number of carbonyl (C=O) groups excluding carboxylic acids is 1. The zero-order valence-corrected chi connectivity index (χ0v) is 15.4. The Hall–Kier alpha value is -2.00. The summed E-state index contributed by atoms with van der Waals surface area (Å²) in [5.41, 5.74) is -0.452. The Morgan fingerprint density at radius 2 is 2.00 bits per heavy atom. The normalized spacial score (nSPS) is 14.8. The molecule has 1 amide bonds. The van der Waals surface area contributed by atoms with Gasteiger partial charge in [0.15, 0.2) is 9.84 Å². The quantitative estimate of drug-likeness (QED) is 0.550. The molecule has 25 heavy (non-hydrogen) atoms. The van der Waals surface area contributed by atoms with Crippen molar-refractivity contribution in [3.63, 3.8) is 0 Å². The molecule has 9 heteroatoms. The van der Waals surface area contributed by atoms with Gasteiger partial charge in [0.25, 0.3) is 11.6 Å². The highest BCUT2D eigenvalue weighted by atomic mass is 32.2. The number of nitro groups is 1. The lowest BCUT2D eigenvalue weighted by Gasteiger charge is -2.26. The van der Waals surface area contributed by atoms with Crippen LogP contribution in [0.5, 0.6) is 0 Å². The fourth-order valence-electron chi connectivity index (χ4n) is 2.70. The van der Waals surface area contributed by atoms with Gasteiger partial charge in [-0.25, -0.2) is 8.42 Å². The fourth-order valence-corrected chi connectivity index (χ4v) is 3.38. The number of rotatable bonds is 8. The van der Waals surface area contributed by atoms with E-state index in [0.717, 1.165) is 31.2 Å². The van der Waals surface area contributed by atoms with E-state index in [1.165, 1.54) is 6.07 Å². The molecule has 138 valence electrons. The predicted octanol–water partition coefficient (Wildman–Crippen LogP) is 1.60. The lowest BCUT2D eigenvalue weighted by molar-refractivity contribution is -0.385. The van der Waals surface area contributed by atoms with Crippen molar-refractivity contribution in [1.82, 2.24) is 10.2 Å². The minimum absolute atomic E-state index is 0.0304. The third-order valence-electron chi connectivity index (χ3n) is 4.13. The molecule has 0 bridgehead atoms. The first-order chi connectivity index (χ1) is 11.6. The number of amides is 1. The second-order valence-electron chi connectivity index (χ2n) is 6.56. The van der Waals surface area contributed by atoms with Crippen LogP contribution in [-0.4, -0.2) is 55.6 Å². The van der Waals surface area contributed by atoms with E-state index >= 15 is 0 Å². The Balaban J connectivity index is 2.10. The molecular formula is C16H23N3O5S. The van der Waals surface area contributed by atoms with Gasteiger partial charge < -0.3 is 5.32 Å². The van der Waals surface area contributed by atoms with E-state index in [0.29, 0.717) is 25.2 Å². The van der Waals surface area contributed by atoms with Crippen molar-refractivity contribution < 1.29 is 18.1 Å². The van der Waals surface area contributed by atoms with Gasteiger partial charge in [-0.05, 0) is 32.8 Å². The average Bonchev–Trinajstić information content (AvgIpc) is 3.34. The van der Waals surface area contributed by atoms with Crippen LogP contribution in [0.1, 0.15) is 37.0 Å². The van der Waals surface area contributed by atoms with Crippen LogP contribution < -0.4 is 5.32 Å². The third kappa shape index (κ3) is 5.23. The maximum absolute atomic E-state index is 12.3. The van der Waals surface area contributed by atoms with Crippen LogP contribution >= 0.6 is 0 Å². The second-order valence-corrected chi connectivity index (χ2v) is 8.58. The van der Waals surface area contributed by atoms with Gasteiger partial charge >= 0.3 is 0 Å². The van der Waals surface area contributed by atoms with E-state index < -0.39 is 26.4 Å². The van der Waals surface area contributed by atoms with Gasteiger partial charge in [0.2, 0.25) is 0 Å². The molecule has 1 aromatic rings. The van der Waals surface area contributed by atoms with Gasteiger partial charge in [-0.15, -0.1) is 0 Å². The zero-order valence-electron chi connectivity index (χ0n) is 14.6. The lowest BCUT2D eigenvalue weighted by Crippen LogP contribution is -2.40. The number of nitrogens with one attached hydrogen (secondary N) is 1.